The van der Waals surface area contributed by atoms with Gasteiger partial charge >= 0.3 is 0 Å². The molecule has 20 heavy (non-hydrogen) atoms. The van der Waals surface area contributed by atoms with E-state index in [4.69, 9.17) is 13.8 Å². The summed E-state index contributed by atoms with van der Waals surface area (Å²) in [5.41, 5.74) is 0.300. The van der Waals surface area contributed by atoms with E-state index in [-0.39, 0.29) is 17.3 Å². The highest BCUT2D eigenvalue weighted by molar-refractivity contribution is 7.89. The van der Waals surface area contributed by atoms with Crippen molar-refractivity contribution in [2.24, 2.45) is 0 Å². The highest BCUT2D eigenvalue weighted by Gasteiger charge is 2.24. The SMILES string of the molecule is Cc1noc(C)c1S(=O)(=O)NOCCCc1ccco1. The standard InChI is InChI=1S/C12H16N2O5S/c1-9-12(10(2)19-13-9)20(15,16)14-18-8-4-6-11-5-3-7-17-11/h3,5,7,14H,4,6,8H2,1-2H3. The summed E-state index contributed by atoms with van der Waals surface area (Å²) >= 11 is 0. The van der Waals surface area contributed by atoms with Crippen LogP contribution in [0.4, 0.5) is 0 Å². The monoisotopic (exact) mass is 300 g/mol. The van der Waals surface area contributed by atoms with Crippen molar-refractivity contribution >= 4 is 10.0 Å². The maximum atomic E-state index is 12.0. The Labute approximate surface area is 116 Å². The fraction of sp³-hybridized carbons (Fsp3) is 0.417. The Morgan fingerprint density at radius 3 is 2.80 bits per heavy atom. The number of nitrogens with one attached hydrogen (secondary N) is 1. The molecule has 0 radical (unpaired) electrons. The highest BCUT2D eigenvalue weighted by atomic mass is 32.2. The van der Waals surface area contributed by atoms with Gasteiger partial charge < -0.3 is 8.94 Å². The number of hydrogen-bond acceptors (Lipinski definition) is 6. The molecule has 0 saturated carbocycles. The molecular formula is C12H16N2O5S. The normalized spacial score (nSPS) is 11.9. The van der Waals surface area contributed by atoms with Crippen LogP contribution in [-0.2, 0) is 21.3 Å². The van der Waals surface area contributed by atoms with Crippen molar-refractivity contribution in [3.8, 4) is 0 Å². The van der Waals surface area contributed by atoms with Crippen molar-refractivity contribution in [1.82, 2.24) is 10.0 Å². The van der Waals surface area contributed by atoms with Gasteiger partial charge in [0.1, 0.15) is 16.3 Å². The predicted molar refractivity (Wildman–Crippen MR) is 69.3 cm³/mol. The Morgan fingerprint density at radius 2 is 2.20 bits per heavy atom. The number of aryl methyl sites for hydroxylation is 3. The number of aromatic nitrogens is 1. The van der Waals surface area contributed by atoms with Crippen molar-refractivity contribution in [2.45, 2.75) is 31.6 Å². The third kappa shape index (κ3) is 3.47. The number of sulfonamides is 1. The van der Waals surface area contributed by atoms with Crippen molar-refractivity contribution < 1.29 is 22.2 Å². The molecule has 0 bridgehead atoms. The third-order valence-electron chi connectivity index (χ3n) is 2.65. The third-order valence-corrected chi connectivity index (χ3v) is 4.11. The molecule has 0 atom stereocenters. The lowest BCUT2D eigenvalue weighted by molar-refractivity contribution is 0.0904. The lowest BCUT2D eigenvalue weighted by atomic mass is 10.3. The van der Waals surface area contributed by atoms with Crippen molar-refractivity contribution in [3.63, 3.8) is 0 Å². The zero-order valence-electron chi connectivity index (χ0n) is 11.3. The molecule has 0 aliphatic rings. The van der Waals surface area contributed by atoms with Gasteiger partial charge in [0.2, 0.25) is 0 Å². The molecule has 0 saturated heterocycles. The highest BCUT2D eigenvalue weighted by Crippen LogP contribution is 2.18. The van der Waals surface area contributed by atoms with Gasteiger partial charge in [-0.2, -0.15) is 0 Å². The van der Waals surface area contributed by atoms with Gasteiger partial charge in [0, 0.05) is 6.42 Å². The fourth-order valence-electron chi connectivity index (χ4n) is 1.79. The van der Waals surface area contributed by atoms with Crippen molar-refractivity contribution in [2.75, 3.05) is 6.61 Å². The first-order chi connectivity index (χ1) is 9.50. The molecule has 0 aliphatic heterocycles. The van der Waals surface area contributed by atoms with Gasteiger partial charge in [0.25, 0.3) is 10.0 Å². The van der Waals surface area contributed by atoms with Crippen LogP contribution in [0.15, 0.2) is 32.2 Å². The van der Waals surface area contributed by atoms with Crippen LogP contribution in [0.25, 0.3) is 0 Å². The summed E-state index contributed by atoms with van der Waals surface area (Å²) < 4.78 is 33.9. The van der Waals surface area contributed by atoms with E-state index in [9.17, 15) is 8.42 Å². The summed E-state index contributed by atoms with van der Waals surface area (Å²) in [6.07, 6.45) is 2.91. The quantitative estimate of drug-likeness (QED) is 0.618. The summed E-state index contributed by atoms with van der Waals surface area (Å²) in [5.74, 6) is 1.07. The van der Waals surface area contributed by atoms with E-state index >= 15 is 0 Å². The molecule has 110 valence electrons. The number of nitrogens with zero attached hydrogens (tertiary/aromatic N) is 1. The van der Waals surface area contributed by atoms with Crippen LogP contribution in [0.1, 0.15) is 23.6 Å². The van der Waals surface area contributed by atoms with Crippen molar-refractivity contribution in [3.05, 3.63) is 35.6 Å². The van der Waals surface area contributed by atoms with E-state index in [0.717, 1.165) is 5.76 Å². The van der Waals surface area contributed by atoms with E-state index in [1.165, 1.54) is 6.92 Å². The Bertz CT molecular complexity index is 626. The Kier molecular flexibility index (Phi) is 4.58. The molecule has 1 N–H and O–H groups in total. The first-order valence-corrected chi connectivity index (χ1v) is 7.58. The van der Waals surface area contributed by atoms with Gasteiger partial charge in [0.15, 0.2) is 5.76 Å². The zero-order valence-corrected chi connectivity index (χ0v) is 12.1. The largest absolute Gasteiger partial charge is 0.469 e. The van der Waals surface area contributed by atoms with Crippen LogP contribution in [-0.4, -0.2) is 20.2 Å². The van der Waals surface area contributed by atoms with Crippen LogP contribution in [0.3, 0.4) is 0 Å². The molecule has 0 fully saturated rings. The predicted octanol–water partition coefficient (Wildman–Crippen LogP) is 1.73. The Hall–Kier alpha value is -1.64. The molecule has 2 rings (SSSR count). The lowest BCUT2D eigenvalue weighted by Gasteiger charge is -2.06. The smallest absolute Gasteiger partial charge is 0.267 e. The maximum Gasteiger partial charge on any atom is 0.267 e. The van der Waals surface area contributed by atoms with Gasteiger partial charge in [-0.05, 0) is 32.4 Å². The Balaban J connectivity index is 1.81. The second-order valence-electron chi connectivity index (χ2n) is 4.27. The number of furan rings is 1. The summed E-state index contributed by atoms with van der Waals surface area (Å²) in [7, 11) is -3.76. The van der Waals surface area contributed by atoms with Gasteiger partial charge in [-0.25, -0.2) is 8.42 Å². The molecule has 0 aliphatic carbocycles. The summed E-state index contributed by atoms with van der Waals surface area (Å²) in [6.45, 7) is 3.33. The first-order valence-electron chi connectivity index (χ1n) is 6.09. The average molecular weight is 300 g/mol. The summed E-state index contributed by atoms with van der Waals surface area (Å²) in [6, 6.07) is 3.66. The van der Waals surface area contributed by atoms with E-state index in [2.05, 4.69) is 10.0 Å². The maximum absolute atomic E-state index is 12.0. The van der Waals surface area contributed by atoms with Crippen LogP contribution in [0.5, 0.6) is 0 Å². The molecule has 2 aromatic heterocycles. The number of hydrogen-bond donors (Lipinski definition) is 1. The second-order valence-corrected chi connectivity index (χ2v) is 5.85. The van der Waals surface area contributed by atoms with Gasteiger partial charge in [-0.3, -0.25) is 4.84 Å². The molecule has 2 heterocycles. The molecular weight excluding hydrogens is 284 g/mol. The average Bonchev–Trinajstić information content (AvgIpc) is 2.99. The number of rotatable bonds is 7. The van der Waals surface area contributed by atoms with E-state index < -0.39 is 10.0 Å². The van der Waals surface area contributed by atoms with Crippen LogP contribution >= 0.6 is 0 Å². The van der Waals surface area contributed by atoms with Gasteiger partial charge in [0.05, 0.1) is 12.9 Å². The minimum atomic E-state index is -3.76. The molecule has 0 aromatic carbocycles. The molecule has 2 aromatic rings. The zero-order chi connectivity index (χ0) is 14.6. The summed E-state index contributed by atoms with van der Waals surface area (Å²) in [4.78, 5) is 7.06. The fourth-order valence-corrected chi connectivity index (χ4v) is 2.96. The first kappa shape index (κ1) is 14.8. The van der Waals surface area contributed by atoms with E-state index in [1.807, 2.05) is 6.07 Å². The van der Waals surface area contributed by atoms with E-state index in [0.29, 0.717) is 18.5 Å². The molecule has 0 amide bonds. The molecule has 8 heteroatoms. The van der Waals surface area contributed by atoms with E-state index in [1.54, 1.807) is 19.3 Å². The van der Waals surface area contributed by atoms with Crippen LogP contribution in [0, 0.1) is 13.8 Å². The van der Waals surface area contributed by atoms with Crippen molar-refractivity contribution in [1.29, 1.82) is 0 Å². The molecule has 7 nitrogen and oxygen atoms in total. The minimum Gasteiger partial charge on any atom is -0.469 e. The second kappa shape index (κ2) is 6.21. The van der Waals surface area contributed by atoms with Crippen LogP contribution in [0.2, 0.25) is 0 Å². The molecule has 0 spiro atoms. The van der Waals surface area contributed by atoms with Gasteiger partial charge in [-0.15, -0.1) is 0 Å². The van der Waals surface area contributed by atoms with Crippen LogP contribution < -0.4 is 4.89 Å². The van der Waals surface area contributed by atoms with Gasteiger partial charge in [-0.1, -0.05) is 10.0 Å². The summed E-state index contributed by atoms with van der Waals surface area (Å²) in [5, 5.41) is 3.60. The topological polar surface area (TPSA) is 94.6 Å². The molecule has 0 unspecified atom stereocenters. The Morgan fingerprint density at radius 1 is 1.40 bits per heavy atom. The minimum absolute atomic E-state index is 0.0172. The lowest BCUT2D eigenvalue weighted by Crippen LogP contribution is -2.25.